The number of aromatic nitrogens is 3. The Hall–Kier alpha value is -4.17. The molecule has 0 bridgehead atoms. The number of aliphatic hydroxyl groups is 1. The first-order valence-electron chi connectivity index (χ1n) is 12.2. The standard InChI is InChI=1S/C29H30N4O4/c1-16-26(18(3)33(5)31-16)28(21-9-7-6-8-10-21)30-25(34)14-20-11-12-23-22(13-20)15-24(36-23)29(35)27-17(2)32-37-19(27)4/h6-13,15,28-29,35H,14H2,1-5H3,(H,30,34). The molecule has 1 amide bonds. The largest absolute Gasteiger partial charge is 0.458 e. The van der Waals surface area contributed by atoms with Crippen LogP contribution in [0, 0.1) is 27.7 Å². The molecule has 0 saturated heterocycles. The number of rotatable bonds is 7. The Bertz CT molecular complexity index is 1560. The van der Waals surface area contributed by atoms with E-state index in [1.807, 2.05) is 74.1 Å². The van der Waals surface area contributed by atoms with E-state index in [2.05, 4.69) is 15.6 Å². The van der Waals surface area contributed by atoms with E-state index >= 15 is 0 Å². The molecule has 190 valence electrons. The third-order valence-corrected chi connectivity index (χ3v) is 6.89. The number of hydrogen-bond acceptors (Lipinski definition) is 6. The molecule has 2 unspecified atom stereocenters. The molecule has 0 aliphatic heterocycles. The minimum atomic E-state index is -0.983. The zero-order valence-electron chi connectivity index (χ0n) is 21.6. The maximum Gasteiger partial charge on any atom is 0.225 e. The molecule has 0 spiro atoms. The van der Waals surface area contributed by atoms with Gasteiger partial charge >= 0.3 is 0 Å². The summed E-state index contributed by atoms with van der Waals surface area (Å²) in [6.07, 6.45) is -0.784. The summed E-state index contributed by atoms with van der Waals surface area (Å²) in [6.45, 7) is 7.52. The highest BCUT2D eigenvalue weighted by Crippen LogP contribution is 2.32. The van der Waals surface area contributed by atoms with Crippen LogP contribution >= 0.6 is 0 Å². The van der Waals surface area contributed by atoms with Gasteiger partial charge in [-0.3, -0.25) is 9.48 Å². The average molecular weight is 499 g/mol. The van der Waals surface area contributed by atoms with Crippen molar-refractivity contribution in [3.63, 3.8) is 0 Å². The van der Waals surface area contributed by atoms with Crippen molar-refractivity contribution in [1.29, 1.82) is 0 Å². The van der Waals surface area contributed by atoms with Gasteiger partial charge in [0.2, 0.25) is 5.91 Å². The minimum Gasteiger partial charge on any atom is -0.458 e. The molecule has 0 aliphatic rings. The van der Waals surface area contributed by atoms with Gasteiger partial charge in [0.15, 0.2) is 0 Å². The number of nitrogens with one attached hydrogen (secondary N) is 1. The van der Waals surface area contributed by atoms with Crippen molar-refractivity contribution in [2.24, 2.45) is 7.05 Å². The molecule has 0 fully saturated rings. The molecule has 2 N–H and O–H groups in total. The lowest BCUT2D eigenvalue weighted by molar-refractivity contribution is -0.120. The van der Waals surface area contributed by atoms with E-state index in [1.54, 1.807) is 19.9 Å². The van der Waals surface area contributed by atoms with Crippen LogP contribution in [-0.2, 0) is 18.3 Å². The number of aliphatic hydroxyl groups excluding tert-OH is 1. The molecule has 0 saturated carbocycles. The van der Waals surface area contributed by atoms with Crippen LogP contribution in [0.25, 0.3) is 11.0 Å². The van der Waals surface area contributed by atoms with Crippen molar-refractivity contribution in [3.05, 3.63) is 105 Å². The number of amides is 1. The number of fused-ring (bicyclic) bond motifs is 1. The van der Waals surface area contributed by atoms with Gasteiger partial charge in [0.05, 0.1) is 29.4 Å². The first kappa shape index (κ1) is 24.5. The molecule has 8 nitrogen and oxygen atoms in total. The number of hydrogen-bond donors (Lipinski definition) is 2. The summed E-state index contributed by atoms with van der Waals surface area (Å²) in [5.41, 5.74) is 6.60. The van der Waals surface area contributed by atoms with E-state index < -0.39 is 6.10 Å². The molecule has 0 aliphatic carbocycles. The molecule has 5 rings (SSSR count). The number of aryl methyl sites for hydroxylation is 4. The lowest BCUT2D eigenvalue weighted by atomic mass is 9.96. The molecule has 8 heteroatoms. The smallest absolute Gasteiger partial charge is 0.225 e. The molecule has 37 heavy (non-hydrogen) atoms. The maximum absolute atomic E-state index is 13.3. The summed E-state index contributed by atoms with van der Waals surface area (Å²) in [5.74, 6) is 0.850. The van der Waals surface area contributed by atoms with Gasteiger partial charge in [-0.1, -0.05) is 41.6 Å². The van der Waals surface area contributed by atoms with Crippen molar-refractivity contribution >= 4 is 16.9 Å². The Morgan fingerprint density at radius 3 is 2.43 bits per heavy atom. The first-order valence-corrected chi connectivity index (χ1v) is 12.2. The van der Waals surface area contributed by atoms with Gasteiger partial charge in [0.25, 0.3) is 0 Å². The predicted molar refractivity (Wildman–Crippen MR) is 139 cm³/mol. The Labute approximate surface area is 214 Å². The summed E-state index contributed by atoms with van der Waals surface area (Å²) in [4.78, 5) is 13.3. The number of carbonyl (C=O) groups is 1. The molecule has 0 radical (unpaired) electrons. The van der Waals surface area contributed by atoms with Crippen molar-refractivity contribution in [2.45, 2.75) is 46.3 Å². The predicted octanol–water partition coefficient (Wildman–Crippen LogP) is 4.92. The highest BCUT2D eigenvalue weighted by Gasteiger charge is 2.25. The Morgan fingerprint density at radius 1 is 1.03 bits per heavy atom. The van der Waals surface area contributed by atoms with Gasteiger partial charge in [-0.05, 0) is 57.0 Å². The SMILES string of the molecule is Cc1noc(C)c1C(O)c1cc2cc(CC(=O)NC(c3ccccc3)c3c(C)nn(C)c3C)ccc2o1. The molecular formula is C29H30N4O4. The second kappa shape index (κ2) is 9.71. The first-order chi connectivity index (χ1) is 17.7. The summed E-state index contributed by atoms with van der Waals surface area (Å²) < 4.78 is 12.9. The second-order valence-electron chi connectivity index (χ2n) is 9.46. The number of furan rings is 1. The third kappa shape index (κ3) is 4.68. The zero-order valence-corrected chi connectivity index (χ0v) is 21.6. The molecular weight excluding hydrogens is 468 g/mol. The van der Waals surface area contributed by atoms with Gasteiger partial charge in [-0.15, -0.1) is 0 Å². The van der Waals surface area contributed by atoms with Crippen LogP contribution in [0.5, 0.6) is 0 Å². The lowest BCUT2D eigenvalue weighted by Crippen LogP contribution is -2.31. The Balaban J connectivity index is 1.39. The van der Waals surface area contributed by atoms with Crippen LogP contribution < -0.4 is 5.32 Å². The van der Waals surface area contributed by atoms with Crippen LogP contribution in [0.15, 0.2) is 63.5 Å². The van der Waals surface area contributed by atoms with Crippen molar-refractivity contribution < 1.29 is 18.8 Å². The van der Waals surface area contributed by atoms with E-state index in [4.69, 9.17) is 8.94 Å². The molecule has 5 aromatic rings. The van der Waals surface area contributed by atoms with Crippen LogP contribution in [0.1, 0.15) is 63.0 Å². The molecule has 2 atom stereocenters. The highest BCUT2D eigenvalue weighted by molar-refractivity contribution is 5.83. The van der Waals surface area contributed by atoms with Gasteiger partial charge in [0.1, 0.15) is 23.2 Å². The molecule has 2 aromatic carbocycles. The fourth-order valence-corrected chi connectivity index (χ4v) is 4.95. The van der Waals surface area contributed by atoms with Crippen LogP contribution in [-0.4, -0.2) is 26.0 Å². The van der Waals surface area contributed by atoms with E-state index in [0.717, 1.165) is 33.5 Å². The van der Waals surface area contributed by atoms with Gasteiger partial charge in [0, 0.05) is 23.7 Å². The number of benzene rings is 2. The quantitative estimate of drug-likeness (QED) is 0.330. The zero-order chi connectivity index (χ0) is 26.3. The number of carbonyl (C=O) groups excluding carboxylic acids is 1. The molecule has 3 heterocycles. The Morgan fingerprint density at radius 2 is 1.78 bits per heavy atom. The normalized spacial score (nSPS) is 13.1. The highest BCUT2D eigenvalue weighted by atomic mass is 16.5. The topological polar surface area (TPSA) is 106 Å². The van der Waals surface area contributed by atoms with Crippen molar-refractivity contribution in [1.82, 2.24) is 20.3 Å². The maximum atomic E-state index is 13.3. The average Bonchev–Trinajstić information content (AvgIpc) is 3.52. The Kier molecular flexibility index (Phi) is 6.43. The van der Waals surface area contributed by atoms with Gasteiger partial charge in [-0.2, -0.15) is 5.10 Å². The molecule has 3 aromatic heterocycles. The summed E-state index contributed by atoms with van der Waals surface area (Å²) in [6, 6.07) is 17.0. The fraction of sp³-hybridized carbons (Fsp3) is 0.276. The fourth-order valence-electron chi connectivity index (χ4n) is 4.95. The van der Waals surface area contributed by atoms with Crippen LogP contribution in [0.3, 0.4) is 0 Å². The monoisotopic (exact) mass is 498 g/mol. The van der Waals surface area contributed by atoms with E-state index in [-0.39, 0.29) is 18.4 Å². The summed E-state index contributed by atoms with van der Waals surface area (Å²) >= 11 is 0. The van der Waals surface area contributed by atoms with Crippen molar-refractivity contribution in [3.8, 4) is 0 Å². The summed E-state index contributed by atoms with van der Waals surface area (Å²) in [7, 11) is 1.91. The van der Waals surface area contributed by atoms with E-state index in [9.17, 15) is 9.90 Å². The lowest BCUT2D eigenvalue weighted by Gasteiger charge is -2.20. The summed E-state index contributed by atoms with van der Waals surface area (Å²) in [5, 5.41) is 23.4. The van der Waals surface area contributed by atoms with Crippen molar-refractivity contribution in [2.75, 3.05) is 0 Å². The van der Waals surface area contributed by atoms with E-state index in [0.29, 0.717) is 28.4 Å². The number of nitrogens with zero attached hydrogens (tertiary/aromatic N) is 3. The van der Waals surface area contributed by atoms with Crippen LogP contribution in [0.4, 0.5) is 0 Å². The van der Waals surface area contributed by atoms with Gasteiger partial charge in [-0.25, -0.2) is 0 Å². The minimum absolute atomic E-state index is 0.102. The van der Waals surface area contributed by atoms with Gasteiger partial charge < -0.3 is 19.4 Å². The second-order valence-corrected chi connectivity index (χ2v) is 9.46. The third-order valence-electron chi connectivity index (χ3n) is 6.89. The van der Waals surface area contributed by atoms with Crippen LogP contribution in [0.2, 0.25) is 0 Å². The van der Waals surface area contributed by atoms with E-state index in [1.165, 1.54) is 0 Å².